The highest BCUT2D eigenvalue weighted by molar-refractivity contribution is 6.30. The molecule has 4 N–H and O–H groups in total. The Labute approximate surface area is 234 Å². The number of likely N-dealkylation sites (N-methyl/N-ethyl adjacent to an activating group) is 1. The number of carbonyl (C=O) groups excluding carboxylic acids is 2. The summed E-state index contributed by atoms with van der Waals surface area (Å²) >= 11 is 6.21. The fourth-order valence-electron chi connectivity index (χ4n) is 3.88. The minimum Gasteiger partial charge on any atom is -0.465 e. The lowest BCUT2D eigenvalue weighted by Gasteiger charge is -2.16. The lowest BCUT2D eigenvalue weighted by atomic mass is 10.1. The fourth-order valence-corrected chi connectivity index (χ4v) is 4.11. The molecule has 14 heteroatoms. The number of carboxylic acid groups (broad SMARTS) is 1. The number of pyridine rings is 2. The van der Waals surface area contributed by atoms with E-state index in [0.29, 0.717) is 17.6 Å². The van der Waals surface area contributed by atoms with Crippen LogP contribution in [0.25, 0.3) is 11.0 Å². The smallest absolute Gasteiger partial charge is 0.405 e. The Hall–Kier alpha value is -4.26. The monoisotopic (exact) mass is 575 g/mol. The van der Waals surface area contributed by atoms with Crippen LogP contribution in [0.3, 0.4) is 0 Å². The van der Waals surface area contributed by atoms with Crippen LogP contribution in [0.5, 0.6) is 0 Å². The van der Waals surface area contributed by atoms with Crippen LogP contribution in [0, 0.1) is 11.7 Å². The van der Waals surface area contributed by atoms with Crippen molar-refractivity contribution >= 4 is 46.2 Å². The maximum Gasteiger partial charge on any atom is 0.405 e. The van der Waals surface area contributed by atoms with E-state index in [9.17, 15) is 28.7 Å². The highest BCUT2D eigenvalue weighted by atomic mass is 35.5. The van der Waals surface area contributed by atoms with E-state index in [-0.39, 0.29) is 53.3 Å². The van der Waals surface area contributed by atoms with Crippen molar-refractivity contribution in [3.63, 3.8) is 0 Å². The standard InChI is InChI=1S/C26H31ClFN7O5/c1-14(2)9-18-23-22(16(28)11-29-18)32-20(33-23)13-35-12-15(27)10-19(25(35)38)30-24(37)17(31-26(39)40)7-5-6-8-21(36)34(3)4/h6,8,10-12,14,17,31H,5,7,9,13H2,1-4H3,(H,30,37)(H,32,33)(H,39,40)/b8-6+. The molecule has 3 heterocycles. The first-order valence-electron chi connectivity index (χ1n) is 12.5. The summed E-state index contributed by atoms with van der Waals surface area (Å²) in [5.41, 5.74) is 0.376. The normalized spacial score (nSPS) is 12.2. The fraction of sp³-hybridized carbons (Fsp3) is 0.385. The molecule has 0 radical (unpaired) electrons. The van der Waals surface area contributed by atoms with Crippen LogP contribution < -0.4 is 16.2 Å². The van der Waals surface area contributed by atoms with E-state index >= 15 is 0 Å². The summed E-state index contributed by atoms with van der Waals surface area (Å²) < 4.78 is 15.6. The summed E-state index contributed by atoms with van der Waals surface area (Å²) in [6.07, 6.45) is 4.71. The van der Waals surface area contributed by atoms with E-state index in [2.05, 4.69) is 25.6 Å². The van der Waals surface area contributed by atoms with Gasteiger partial charge in [0.15, 0.2) is 5.82 Å². The molecule has 3 aromatic rings. The first kappa shape index (κ1) is 30.3. The number of H-pyrrole nitrogens is 1. The number of hydrogen-bond acceptors (Lipinski definition) is 6. The number of nitrogens with one attached hydrogen (secondary N) is 3. The number of amides is 3. The van der Waals surface area contributed by atoms with E-state index in [1.165, 1.54) is 33.9 Å². The molecule has 3 amide bonds. The van der Waals surface area contributed by atoms with E-state index in [1.54, 1.807) is 14.1 Å². The quantitative estimate of drug-likeness (QED) is 0.255. The number of nitrogens with zero attached hydrogens (tertiary/aromatic N) is 4. The van der Waals surface area contributed by atoms with Gasteiger partial charge in [-0.15, -0.1) is 0 Å². The third kappa shape index (κ3) is 7.88. The average molecular weight is 576 g/mol. The molecular weight excluding hydrogens is 545 g/mol. The molecule has 0 spiro atoms. The molecule has 3 aromatic heterocycles. The molecule has 0 aliphatic rings. The Bertz CT molecular complexity index is 1500. The minimum absolute atomic E-state index is 0.0292. The maximum atomic E-state index is 14.4. The van der Waals surface area contributed by atoms with E-state index < -0.39 is 29.4 Å². The first-order chi connectivity index (χ1) is 18.8. The van der Waals surface area contributed by atoms with Gasteiger partial charge in [0.25, 0.3) is 5.56 Å². The number of imidazole rings is 1. The van der Waals surface area contributed by atoms with Gasteiger partial charge in [0, 0.05) is 20.3 Å². The molecular formula is C26H31ClFN7O5. The highest BCUT2D eigenvalue weighted by Gasteiger charge is 2.22. The van der Waals surface area contributed by atoms with Crippen LogP contribution in [0.1, 0.15) is 38.2 Å². The largest absolute Gasteiger partial charge is 0.465 e. The van der Waals surface area contributed by atoms with Crippen LogP contribution in [0.2, 0.25) is 5.02 Å². The van der Waals surface area contributed by atoms with Gasteiger partial charge in [0.2, 0.25) is 11.8 Å². The number of aromatic nitrogens is 4. The first-order valence-corrected chi connectivity index (χ1v) is 12.8. The summed E-state index contributed by atoms with van der Waals surface area (Å²) in [6, 6.07) is 0.0306. The van der Waals surface area contributed by atoms with Crippen molar-refractivity contribution in [1.82, 2.24) is 29.7 Å². The zero-order valence-corrected chi connectivity index (χ0v) is 23.3. The molecule has 1 atom stereocenters. The highest BCUT2D eigenvalue weighted by Crippen LogP contribution is 2.21. The molecule has 0 saturated carbocycles. The molecule has 0 aliphatic heterocycles. The second kappa shape index (κ2) is 13.2. The van der Waals surface area contributed by atoms with Crippen molar-refractivity contribution in [2.24, 2.45) is 5.92 Å². The number of hydrogen-bond donors (Lipinski definition) is 4. The van der Waals surface area contributed by atoms with Crippen LogP contribution in [-0.2, 0) is 22.6 Å². The number of rotatable bonds is 11. The number of carbonyl (C=O) groups is 3. The summed E-state index contributed by atoms with van der Waals surface area (Å²) in [5.74, 6) is -1.10. The van der Waals surface area contributed by atoms with E-state index in [0.717, 1.165) is 6.20 Å². The molecule has 1 unspecified atom stereocenters. The second-order valence-corrected chi connectivity index (χ2v) is 10.2. The molecule has 0 bridgehead atoms. The van der Waals surface area contributed by atoms with Gasteiger partial charge < -0.3 is 30.2 Å². The van der Waals surface area contributed by atoms with Crippen molar-refractivity contribution in [1.29, 1.82) is 0 Å². The van der Waals surface area contributed by atoms with Gasteiger partial charge in [0.05, 0.1) is 29.0 Å². The summed E-state index contributed by atoms with van der Waals surface area (Å²) in [4.78, 5) is 61.9. The Balaban J connectivity index is 1.82. The molecule has 3 rings (SSSR count). The summed E-state index contributed by atoms with van der Waals surface area (Å²) in [7, 11) is 3.17. The van der Waals surface area contributed by atoms with Crippen molar-refractivity contribution in [3.8, 4) is 0 Å². The summed E-state index contributed by atoms with van der Waals surface area (Å²) in [6.45, 7) is 3.91. The zero-order chi connectivity index (χ0) is 29.6. The molecule has 40 heavy (non-hydrogen) atoms. The maximum absolute atomic E-state index is 14.4. The van der Waals surface area contributed by atoms with Crippen LogP contribution in [0.4, 0.5) is 14.9 Å². The van der Waals surface area contributed by atoms with Gasteiger partial charge in [0.1, 0.15) is 23.1 Å². The Morgan fingerprint density at radius 2 is 2.02 bits per heavy atom. The van der Waals surface area contributed by atoms with Crippen molar-refractivity contribution in [2.45, 2.75) is 45.7 Å². The lowest BCUT2D eigenvalue weighted by molar-refractivity contribution is -0.123. The molecule has 0 aromatic carbocycles. The minimum atomic E-state index is -1.43. The Morgan fingerprint density at radius 1 is 1.30 bits per heavy atom. The number of halogens is 2. The molecule has 0 fully saturated rings. The van der Waals surface area contributed by atoms with E-state index in [1.807, 2.05) is 13.8 Å². The predicted octanol–water partition coefficient (Wildman–Crippen LogP) is 3.16. The Kier molecular flexibility index (Phi) is 9.99. The van der Waals surface area contributed by atoms with Crippen molar-refractivity contribution in [3.05, 3.63) is 63.3 Å². The zero-order valence-electron chi connectivity index (χ0n) is 22.5. The van der Waals surface area contributed by atoms with Crippen molar-refractivity contribution in [2.75, 3.05) is 19.4 Å². The van der Waals surface area contributed by atoms with Gasteiger partial charge in [-0.05, 0) is 37.3 Å². The second-order valence-electron chi connectivity index (χ2n) is 9.77. The van der Waals surface area contributed by atoms with Gasteiger partial charge in [-0.1, -0.05) is 31.5 Å². The average Bonchev–Trinajstić information content (AvgIpc) is 3.29. The molecule has 12 nitrogen and oxygen atoms in total. The van der Waals surface area contributed by atoms with Gasteiger partial charge >= 0.3 is 6.09 Å². The predicted molar refractivity (Wildman–Crippen MR) is 148 cm³/mol. The third-order valence-corrected chi connectivity index (χ3v) is 5.98. The SMILES string of the molecule is CC(C)Cc1ncc(F)c2nc(Cn3cc(Cl)cc(NC(=O)C(CC/C=C/C(=O)N(C)C)NC(=O)O)c3=O)[nH]c12. The van der Waals surface area contributed by atoms with Gasteiger partial charge in [-0.25, -0.2) is 14.2 Å². The molecule has 0 saturated heterocycles. The number of aromatic amines is 1. The number of allylic oxidation sites excluding steroid dienone is 1. The van der Waals surface area contributed by atoms with Crippen LogP contribution in [-0.4, -0.2) is 67.6 Å². The summed E-state index contributed by atoms with van der Waals surface area (Å²) in [5, 5.41) is 13.8. The molecule has 0 aliphatic carbocycles. The number of anilines is 1. The van der Waals surface area contributed by atoms with E-state index in [4.69, 9.17) is 11.6 Å². The van der Waals surface area contributed by atoms with Crippen LogP contribution >= 0.6 is 11.6 Å². The topological polar surface area (TPSA) is 162 Å². The Morgan fingerprint density at radius 3 is 2.67 bits per heavy atom. The third-order valence-electron chi connectivity index (χ3n) is 5.77. The van der Waals surface area contributed by atoms with Crippen LogP contribution in [0.15, 0.2) is 35.4 Å². The number of fused-ring (bicyclic) bond motifs is 1. The van der Waals surface area contributed by atoms with Gasteiger partial charge in [-0.3, -0.25) is 19.4 Å². The lowest BCUT2D eigenvalue weighted by Crippen LogP contribution is -2.44. The van der Waals surface area contributed by atoms with Gasteiger partial charge in [-0.2, -0.15) is 0 Å². The van der Waals surface area contributed by atoms with Crippen molar-refractivity contribution < 1.29 is 23.9 Å². The molecule has 214 valence electrons.